The largest absolute Gasteiger partial charge is 0.324 e. The van der Waals surface area contributed by atoms with Gasteiger partial charge in [-0.3, -0.25) is 4.79 Å². The predicted octanol–water partition coefficient (Wildman–Crippen LogP) is 2.68. The summed E-state index contributed by atoms with van der Waals surface area (Å²) in [5.41, 5.74) is 0.961. The maximum Gasteiger partial charge on any atom is 0.238 e. The number of nitrogens with one attached hydrogen (secondary N) is 2. The first-order valence-electron chi connectivity index (χ1n) is 6.42. The third kappa shape index (κ3) is 3.95. The highest BCUT2D eigenvalue weighted by Gasteiger charge is 2.15. The highest BCUT2D eigenvalue weighted by Crippen LogP contribution is 2.22. The minimum Gasteiger partial charge on any atom is -0.324 e. The number of hydrogen-bond acceptors (Lipinski definition) is 3. The van der Waals surface area contributed by atoms with Gasteiger partial charge >= 0.3 is 0 Å². The summed E-state index contributed by atoms with van der Waals surface area (Å²) in [6, 6.07) is 7.28. The second kappa shape index (κ2) is 6.55. The number of hydrogen-bond donors (Lipinski definition) is 2. The van der Waals surface area contributed by atoms with Crippen molar-refractivity contribution in [1.29, 1.82) is 5.26 Å². The maximum absolute atomic E-state index is 11.8. The molecule has 0 spiro atoms. The van der Waals surface area contributed by atoms with Crippen LogP contribution in [-0.4, -0.2) is 18.5 Å². The summed E-state index contributed by atoms with van der Waals surface area (Å²) < 4.78 is 0. The van der Waals surface area contributed by atoms with E-state index in [-0.39, 0.29) is 12.5 Å². The van der Waals surface area contributed by atoms with Gasteiger partial charge < -0.3 is 10.6 Å². The van der Waals surface area contributed by atoms with E-state index in [1.54, 1.807) is 18.2 Å². The van der Waals surface area contributed by atoms with E-state index in [2.05, 4.69) is 10.6 Å². The fourth-order valence-electron chi connectivity index (χ4n) is 2.25. The van der Waals surface area contributed by atoms with E-state index >= 15 is 0 Å². The van der Waals surface area contributed by atoms with Crippen LogP contribution in [0.1, 0.15) is 31.2 Å². The number of anilines is 1. The Hall–Kier alpha value is -1.57. The van der Waals surface area contributed by atoms with Gasteiger partial charge in [-0.15, -0.1) is 0 Å². The molecule has 0 unspecified atom stereocenters. The zero-order valence-electron chi connectivity index (χ0n) is 10.6. The molecule has 100 valence electrons. The molecule has 0 atom stereocenters. The SMILES string of the molecule is N#Cc1ccc(Cl)c(NC(=O)CNC2CCCC2)c1. The van der Waals surface area contributed by atoms with Crippen molar-refractivity contribution in [3.8, 4) is 6.07 Å². The summed E-state index contributed by atoms with van der Waals surface area (Å²) in [5, 5.41) is 15.2. The number of halogens is 1. The van der Waals surface area contributed by atoms with Crippen LogP contribution in [-0.2, 0) is 4.79 Å². The summed E-state index contributed by atoms with van der Waals surface area (Å²) in [5.74, 6) is -0.135. The minimum atomic E-state index is -0.135. The second-order valence-electron chi connectivity index (χ2n) is 4.72. The van der Waals surface area contributed by atoms with E-state index in [1.807, 2.05) is 6.07 Å². The van der Waals surface area contributed by atoms with Crippen molar-refractivity contribution in [2.45, 2.75) is 31.7 Å². The van der Waals surface area contributed by atoms with Gasteiger partial charge in [0.05, 0.1) is 28.9 Å². The van der Waals surface area contributed by atoms with Crippen LogP contribution in [0.15, 0.2) is 18.2 Å². The molecule has 0 aliphatic heterocycles. The summed E-state index contributed by atoms with van der Waals surface area (Å²) in [6.07, 6.45) is 4.74. The molecule has 0 heterocycles. The molecule has 0 saturated heterocycles. The van der Waals surface area contributed by atoms with Crippen LogP contribution >= 0.6 is 11.6 Å². The number of benzene rings is 1. The molecule has 2 N–H and O–H groups in total. The van der Waals surface area contributed by atoms with Gasteiger partial charge in [-0.1, -0.05) is 24.4 Å². The highest BCUT2D eigenvalue weighted by atomic mass is 35.5. The molecular formula is C14H16ClN3O. The monoisotopic (exact) mass is 277 g/mol. The van der Waals surface area contributed by atoms with Gasteiger partial charge in [0.2, 0.25) is 5.91 Å². The van der Waals surface area contributed by atoms with Crippen molar-refractivity contribution in [2.75, 3.05) is 11.9 Å². The quantitative estimate of drug-likeness (QED) is 0.889. The number of nitriles is 1. The number of carbonyl (C=O) groups excluding carboxylic acids is 1. The molecule has 1 saturated carbocycles. The molecule has 1 aliphatic rings. The van der Waals surface area contributed by atoms with Gasteiger partial charge in [0, 0.05) is 6.04 Å². The molecule has 1 aliphatic carbocycles. The molecule has 19 heavy (non-hydrogen) atoms. The lowest BCUT2D eigenvalue weighted by atomic mass is 10.2. The molecule has 1 aromatic carbocycles. The highest BCUT2D eigenvalue weighted by molar-refractivity contribution is 6.33. The smallest absolute Gasteiger partial charge is 0.238 e. The molecule has 1 fully saturated rings. The number of nitrogens with zero attached hydrogens (tertiary/aromatic N) is 1. The Kier molecular flexibility index (Phi) is 4.78. The van der Waals surface area contributed by atoms with E-state index in [4.69, 9.17) is 16.9 Å². The summed E-state index contributed by atoms with van der Waals surface area (Å²) in [4.78, 5) is 11.8. The van der Waals surface area contributed by atoms with Crippen molar-refractivity contribution in [3.05, 3.63) is 28.8 Å². The zero-order chi connectivity index (χ0) is 13.7. The molecule has 0 bridgehead atoms. The Labute approximate surface area is 117 Å². The molecule has 5 heteroatoms. The minimum absolute atomic E-state index is 0.135. The third-order valence-corrected chi connectivity index (χ3v) is 3.61. The van der Waals surface area contributed by atoms with Gasteiger partial charge in [-0.05, 0) is 31.0 Å². The van der Waals surface area contributed by atoms with Crippen LogP contribution < -0.4 is 10.6 Å². The second-order valence-corrected chi connectivity index (χ2v) is 5.12. The van der Waals surface area contributed by atoms with E-state index in [9.17, 15) is 4.79 Å². The van der Waals surface area contributed by atoms with Crippen molar-refractivity contribution >= 4 is 23.2 Å². The first kappa shape index (κ1) is 13.9. The molecular weight excluding hydrogens is 262 g/mol. The lowest BCUT2D eigenvalue weighted by Gasteiger charge is -2.12. The van der Waals surface area contributed by atoms with Crippen molar-refractivity contribution in [1.82, 2.24) is 5.32 Å². The molecule has 0 aromatic heterocycles. The molecule has 0 radical (unpaired) electrons. The van der Waals surface area contributed by atoms with E-state index in [1.165, 1.54) is 12.8 Å². The van der Waals surface area contributed by atoms with Crippen molar-refractivity contribution in [3.63, 3.8) is 0 Å². The Balaban J connectivity index is 1.89. The Morgan fingerprint density at radius 3 is 2.84 bits per heavy atom. The van der Waals surface area contributed by atoms with E-state index in [0.717, 1.165) is 12.8 Å². The van der Waals surface area contributed by atoms with Gasteiger partial charge in [0.25, 0.3) is 0 Å². The lowest BCUT2D eigenvalue weighted by molar-refractivity contribution is -0.115. The first-order valence-corrected chi connectivity index (χ1v) is 6.79. The van der Waals surface area contributed by atoms with Gasteiger partial charge in [-0.2, -0.15) is 5.26 Å². The Bertz CT molecular complexity index is 504. The fraction of sp³-hybridized carbons (Fsp3) is 0.429. The zero-order valence-corrected chi connectivity index (χ0v) is 11.3. The normalized spacial score (nSPS) is 15.2. The average Bonchev–Trinajstić information content (AvgIpc) is 2.92. The van der Waals surface area contributed by atoms with Crippen LogP contribution in [0.4, 0.5) is 5.69 Å². The van der Waals surface area contributed by atoms with Crippen LogP contribution in [0.5, 0.6) is 0 Å². The van der Waals surface area contributed by atoms with Crippen LogP contribution in [0.25, 0.3) is 0 Å². The first-order chi connectivity index (χ1) is 9.19. The van der Waals surface area contributed by atoms with Gasteiger partial charge in [0.1, 0.15) is 0 Å². The number of carbonyl (C=O) groups is 1. The summed E-state index contributed by atoms with van der Waals surface area (Å²) >= 11 is 5.98. The van der Waals surface area contributed by atoms with E-state index < -0.39 is 0 Å². The van der Waals surface area contributed by atoms with Crippen molar-refractivity contribution < 1.29 is 4.79 Å². The van der Waals surface area contributed by atoms with Gasteiger partial charge in [0.15, 0.2) is 0 Å². The summed E-state index contributed by atoms with van der Waals surface area (Å²) in [6.45, 7) is 0.276. The Morgan fingerprint density at radius 2 is 2.16 bits per heavy atom. The van der Waals surface area contributed by atoms with Crippen LogP contribution in [0, 0.1) is 11.3 Å². The third-order valence-electron chi connectivity index (χ3n) is 3.28. The number of rotatable bonds is 4. The summed E-state index contributed by atoms with van der Waals surface area (Å²) in [7, 11) is 0. The van der Waals surface area contributed by atoms with E-state index in [0.29, 0.717) is 22.3 Å². The maximum atomic E-state index is 11.8. The van der Waals surface area contributed by atoms with Crippen LogP contribution in [0.2, 0.25) is 5.02 Å². The van der Waals surface area contributed by atoms with Crippen LogP contribution in [0.3, 0.4) is 0 Å². The topological polar surface area (TPSA) is 64.9 Å². The lowest BCUT2D eigenvalue weighted by Crippen LogP contribution is -2.34. The molecule has 4 nitrogen and oxygen atoms in total. The fourth-order valence-corrected chi connectivity index (χ4v) is 2.42. The van der Waals surface area contributed by atoms with Crippen molar-refractivity contribution in [2.24, 2.45) is 0 Å². The Morgan fingerprint density at radius 1 is 1.42 bits per heavy atom. The standard InChI is InChI=1S/C14H16ClN3O/c15-12-6-5-10(8-16)7-13(12)18-14(19)9-17-11-3-1-2-4-11/h5-7,11,17H,1-4,9H2,(H,18,19). The molecule has 1 amide bonds. The average molecular weight is 278 g/mol. The predicted molar refractivity (Wildman–Crippen MR) is 75.1 cm³/mol. The molecule has 1 aromatic rings. The van der Waals surface area contributed by atoms with Gasteiger partial charge in [-0.25, -0.2) is 0 Å². The molecule has 2 rings (SSSR count). The number of amides is 1.